The van der Waals surface area contributed by atoms with Gasteiger partial charge in [-0.2, -0.15) is 0 Å². The molecule has 3 unspecified atom stereocenters. The largest absolute Gasteiger partial charge is 0.396 e. The summed E-state index contributed by atoms with van der Waals surface area (Å²) in [5.74, 6) is 0.231. The van der Waals surface area contributed by atoms with Gasteiger partial charge in [0.25, 0.3) is 0 Å². The zero-order valence-electron chi connectivity index (χ0n) is 11.0. The average Bonchev–Trinajstić information content (AvgIpc) is 2.35. The van der Waals surface area contributed by atoms with Gasteiger partial charge in [-0.3, -0.25) is 0 Å². The first-order chi connectivity index (χ1) is 8.08. The van der Waals surface area contributed by atoms with E-state index in [4.69, 9.17) is 10.8 Å². The summed E-state index contributed by atoms with van der Waals surface area (Å²) in [6.07, 6.45) is 0. The second-order valence-corrected chi connectivity index (χ2v) is 4.81. The third kappa shape index (κ3) is 4.11. The highest BCUT2D eigenvalue weighted by Crippen LogP contribution is 2.15. The number of nitrogens with two attached hydrogens (primary N) is 1. The Kier molecular flexibility index (Phi) is 5.62. The van der Waals surface area contributed by atoms with Gasteiger partial charge in [0.15, 0.2) is 0 Å². The van der Waals surface area contributed by atoms with Crippen molar-refractivity contribution in [1.82, 2.24) is 5.32 Å². The van der Waals surface area contributed by atoms with Crippen LogP contribution in [0.2, 0.25) is 0 Å². The number of aliphatic hydroxyl groups excluding tert-OH is 1. The molecular weight excluding hydrogens is 212 g/mol. The lowest BCUT2D eigenvalue weighted by Gasteiger charge is -2.26. The quantitative estimate of drug-likeness (QED) is 0.703. The third-order valence-corrected chi connectivity index (χ3v) is 3.32. The highest BCUT2D eigenvalue weighted by atomic mass is 16.3. The van der Waals surface area contributed by atoms with E-state index in [0.29, 0.717) is 6.54 Å². The molecule has 0 fully saturated rings. The monoisotopic (exact) mass is 236 g/mol. The van der Waals surface area contributed by atoms with Crippen molar-refractivity contribution in [3.63, 3.8) is 0 Å². The van der Waals surface area contributed by atoms with E-state index in [1.165, 1.54) is 11.1 Å². The van der Waals surface area contributed by atoms with E-state index in [1.54, 1.807) is 0 Å². The minimum atomic E-state index is 0.152. The zero-order chi connectivity index (χ0) is 12.8. The van der Waals surface area contributed by atoms with E-state index in [9.17, 15) is 0 Å². The highest BCUT2D eigenvalue weighted by molar-refractivity contribution is 5.24. The molecule has 0 saturated heterocycles. The number of benzene rings is 1. The molecule has 0 aliphatic heterocycles. The average molecular weight is 236 g/mol. The summed E-state index contributed by atoms with van der Waals surface area (Å²) in [5.41, 5.74) is 8.26. The van der Waals surface area contributed by atoms with Gasteiger partial charge in [-0.25, -0.2) is 0 Å². The Hall–Kier alpha value is -0.900. The van der Waals surface area contributed by atoms with Crippen molar-refractivity contribution in [1.29, 1.82) is 0 Å². The van der Waals surface area contributed by atoms with Gasteiger partial charge in [0, 0.05) is 25.2 Å². The van der Waals surface area contributed by atoms with E-state index < -0.39 is 0 Å². The maximum Gasteiger partial charge on any atom is 0.0471 e. The summed E-state index contributed by atoms with van der Waals surface area (Å²) < 4.78 is 0. The molecule has 1 aromatic carbocycles. The van der Waals surface area contributed by atoms with Gasteiger partial charge < -0.3 is 16.2 Å². The van der Waals surface area contributed by atoms with Gasteiger partial charge in [-0.1, -0.05) is 36.8 Å². The molecule has 3 heteroatoms. The van der Waals surface area contributed by atoms with Crippen molar-refractivity contribution in [2.45, 2.75) is 32.9 Å². The number of aliphatic hydroxyl groups is 1. The summed E-state index contributed by atoms with van der Waals surface area (Å²) in [6.45, 7) is 6.94. The number of hydrogen-bond donors (Lipinski definition) is 3. The van der Waals surface area contributed by atoms with Crippen LogP contribution in [-0.2, 0) is 0 Å². The van der Waals surface area contributed by atoms with E-state index in [0.717, 1.165) is 0 Å². The summed E-state index contributed by atoms with van der Waals surface area (Å²) in [6, 6.07) is 8.81. The van der Waals surface area contributed by atoms with Crippen LogP contribution < -0.4 is 11.1 Å². The molecule has 0 bridgehead atoms. The molecule has 0 aromatic heterocycles. The number of nitrogens with one attached hydrogen (secondary N) is 1. The van der Waals surface area contributed by atoms with Crippen LogP contribution in [0.1, 0.15) is 31.0 Å². The van der Waals surface area contributed by atoms with Gasteiger partial charge in [0.2, 0.25) is 0 Å². The molecule has 0 saturated carbocycles. The van der Waals surface area contributed by atoms with Crippen molar-refractivity contribution in [2.75, 3.05) is 13.2 Å². The Labute approximate surface area is 104 Å². The predicted octanol–water partition coefficient (Wildman–Crippen LogP) is 1.60. The van der Waals surface area contributed by atoms with Gasteiger partial charge in [-0.15, -0.1) is 0 Å². The predicted molar refractivity (Wildman–Crippen MR) is 71.8 cm³/mol. The molecule has 0 radical (unpaired) electrons. The number of rotatable bonds is 6. The molecule has 1 aromatic rings. The van der Waals surface area contributed by atoms with Gasteiger partial charge >= 0.3 is 0 Å². The first kappa shape index (κ1) is 14.2. The lowest BCUT2D eigenvalue weighted by molar-refractivity contribution is 0.201. The second-order valence-electron chi connectivity index (χ2n) is 4.81. The minimum Gasteiger partial charge on any atom is -0.396 e. The SMILES string of the molecule is Cc1ccc(C(CN)NC(C)C(C)CO)cc1. The molecule has 17 heavy (non-hydrogen) atoms. The zero-order valence-corrected chi connectivity index (χ0v) is 11.0. The third-order valence-electron chi connectivity index (χ3n) is 3.32. The molecule has 96 valence electrons. The van der Waals surface area contributed by atoms with Gasteiger partial charge in [0.1, 0.15) is 0 Å². The number of aryl methyl sites for hydroxylation is 1. The van der Waals surface area contributed by atoms with E-state index in [2.05, 4.69) is 43.4 Å². The molecule has 1 rings (SSSR count). The van der Waals surface area contributed by atoms with E-state index in [1.807, 2.05) is 6.92 Å². The lowest BCUT2D eigenvalue weighted by atomic mass is 10.0. The Morgan fingerprint density at radius 3 is 2.29 bits per heavy atom. The molecule has 0 aliphatic carbocycles. The Bertz CT molecular complexity index is 323. The molecule has 3 nitrogen and oxygen atoms in total. The number of hydrogen-bond acceptors (Lipinski definition) is 3. The van der Waals surface area contributed by atoms with Gasteiger partial charge in [-0.05, 0) is 25.3 Å². The van der Waals surface area contributed by atoms with Crippen LogP contribution in [0.15, 0.2) is 24.3 Å². The van der Waals surface area contributed by atoms with Crippen LogP contribution in [0.4, 0.5) is 0 Å². The molecule has 4 N–H and O–H groups in total. The van der Waals surface area contributed by atoms with Crippen LogP contribution in [-0.4, -0.2) is 24.3 Å². The standard InChI is InChI=1S/C14H24N2O/c1-10-4-6-13(7-5-10)14(8-15)16-12(3)11(2)9-17/h4-7,11-12,14,16-17H,8-9,15H2,1-3H3. The van der Waals surface area contributed by atoms with Crippen LogP contribution in [0.3, 0.4) is 0 Å². The van der Waals surface area contributed by atoms with Crippen molar-refractivity contribution in [3.05, 3.63) is 35.4 Å². The highest BCUT2D eigenvalue weighted by Gasteiger charge is 2.16. The summed E-state index contributed by atoms with van der Waals surface area (Å²) in [5, 5.41) is 12.6. The van der Waals surface area contributed by atoms with Crippen molar-refractivity contribution < 1.29 is 5.11 Å². The fraction of sp³-hybridized carbons (Fsp3) is 0.571. The smallest absolute Gasteiger partial charge is 0.0471 e. The Morgan fingerprint density at radius 1 is 1.24 bits per heavy atom. The fourth-order valence-corrected chi connectivity index (χ4v) is 1.74. The topological polar surface area (TPSA) is 58.3 Å². The first-order valence-corrected chi connectivity index (χ1v) is 6.22. The maximum atomic E-state index is 9.13. The molecule has 0 heterocycles. The molecule has 0 spiro atoms. The normalized spacial score (nSPS) is 16.5. The molecule has 0 aliphatic rings. The van der Waals surface area contributed by atoms with Crippen molar-refractivity contribution >= 4 is 0 Å². The Morgan fingerprint density at radius 2 is 1.82 bits per heavy atom. The van der Waals surface area contributed by atoms with Crippen molar-refractivity contribution in [2.24, 2.45) is 11.7 Å². The molecular formula is C14H24N2O. The summed E-state index contributed by atoms with van der Waals surface area (Å²) in [7, 11) is 0. The lowest BCUT2D eigenvalue weighted by Crippen LogP contribution is -2.39. The second kappa shape index (κ2) is 6.74. The van der Waals surface area contributed by atoms with E-state index in [-0.39, 0.29) is 24.6 Å². The van der Waals surface area contributed by atoms with Crippen LogP contribution >= 0.6 is 0 Å². The van der Waals surface area contributed by atoms with Crippen LogP contribution in [0, 0.1) is 12.8 Å². The van der Waals surface area contributed by atoms with Crippen molar-refractivity contribution in [3.8, 4) is 0 Å². The minimum absolute atomic E-state index is 0.152. The Balaban J connectivity index is 2.68. The fourth-order valence-electron chi connectivity index (χ4n) is 1.74. The molecule has 3 atom stereocenters. The molecule has 0 amide bonds. The van der Waals surface area contributed by atoms with Crippen LogP contribution in [0.25, 0.3) is 0 Å². The maximum absolute atomic E-state index is 9.13. The first-order valence-electron chi connectivity index (χ1n) is 6.22. The summed E-state index contributed by atoms with van der Waals surface area (Å²) in [4.78, 5) is 0. The van der Waals surface area contributed by atoms with Gasteiger partial charge in [0.05, 0.1) is 0 Å². The summed E-state index contributed by atoms with van der Waals surface area (Å²) >= 11 is 0. The van der Waals surface area contributed by atoms with E-state index >= 15 is 0 Å². The van der Waals surface area contributed by atoms with Crippen LogP contribution in [0.5, 0.6) is 0 Å².